The Morgan fingerprint density at radius 3 is 1.73 bits per heavy atom. The minimum atomic E-state index is -6.59. The molecule has 2 N–H and O–H groups in total. The molecule has 0 atom stereocenters. The van der Waals surface area contributed by atoms with Crippen molar-refractivity contribution in [3.8, 4) is 0 Å². The fourth-order valence-corrected chi connectivity index (χ4v) is 1.92. The maximum atomic E-state index is 13.4. The van der Waals surface area contributed by atoms with Gasteiger partial charge in [-0.05, 0) is 23.9 Å². The summed E-state index contributed by atoms with van der Waals surface area (Å²) in [4.78, 5) is -1.11. The van der Waals surface area contributed by atoms with Crippen molar-refractivity contribution in [3.05, 3.63) is 23.8 Å². The van der Waals surface area contributed by atoms with Crippen LogP contribution < -0.4 is 5.73 Å². The Hall–Kier alpha value is -1.33. The number of anilines is 1. The highest BCUT2D eigenvalue weighted by Crippen LogP contribution is 2.52. The van der Waals surface area contributed by atoms with E-state index in [1.165, 1.54) is 0 Å². The zero-order valence-corrected chi connectivity index (χ0v) is 10.8. The predicted molar refractivity (Wildman–Crippen MR) is 57.7 cm³/mol. The molecule has 12 heteroatoms. The average Bonchev–Trinajstić information content (AvgIpc) is 2.28. The number of nitrogens with two attached hydrogens (primary N) is 1. The zero-order valence-electron chi connectivity index (χ0n) is 10.00. The summed E-state index contributed by atoms with van der Waals surface area (Å²) >= 11 is -1.01. The number of thioether (sulfide) groups is 1. The van der Waals surface area contributed by atoms with Crippen molar-refractivity contribution in [3.63, 3.8) is 0 Å². The van der Waals surface area contributed by atoms with Crippen LogP contribution in [0.2, 0.25) is 0 Å². The van der Waals surface area contributed by atoms with E-state index >= 15 is 0 Å². The fraction of sp³-hybridized carbons (Fsp3) is 0.400. The second kappa shape index (κ2) is 5.39. The number of alkyl halides is 10. The van der Waals surface area contributed by atoms with Crippen LogP contribution in [0.4, 0.5) is 49.6 Å². The molecule has 0 saturated carbocycles. The molecule has 0 spiro atoms. The largest absolute Gasteiger partial charge is 0.460 e. The summed E-state index contributed by atoms with van der Waals surface area (Å²) < 4.78 is 125. The summed E-state index contributed by atoms with van der Waals surface area (Å²) in [6.07, 6.45) is -6.59. The normalized spacial score (nSPS) is 14.3. The van der Waals surface area contributed by atoms with E-state index in [-0.39, 0.29) is 12.1 Å². The maximum absolute atomic E-state index is 13.4. The minimum absolute atomic E-state index is 0.107. The molecule has 0 heterocycles. The van der Waals surface area contributed by atoms with Gasteiger partial charge in [0, 0.05) is 16.1 Å². The smallest absolute Gasteiger partial charge is 0.398 e. The lowest BCUT2D eigenvalue weighted by Crippen LogP contribution is -2.50. The summed E-state index contributed by atoms with van der Waals surface area (Å²) in [6, 6.07) is 0.354. The van der Waals surface area contributed by atoms with Crippen LogP contribution in [-0.2, 0) is 5.92 Å². The van der Waals surface area contributed by atoms with Crippen LogP contribution >= 0.6 is 11.8 Å². The molecule has 0 aliphatic rings. The van der Waals surface area contributed by atoms with E-state index in [4.69, 9.17) is 5.73 Å². The van der Waals surface area contributed by atoms with Crippen LogP contribution in [0.1, 0.15) is 5.56 Å². The molecule has 1 rings (SSSR count). The van der Waals surface area contributed by atoms with Crippen molar-refractivity contribution in [1.82, 2.24) is 0 Å². The third-order valence-corrected chi connectivity index (χ3v) is 3.16. The molecule has 1 nitrogen and oxygen atoms in total. The molecule has 0 bridgehead atoms. The van der Waals surface area contributed by atoms with Crippen molar-refractivity contribution >= 4 is 17.4 Å². The molecule has 1 aromatic rings. The summed E-state index contributed by atoms with van der Waals surface area (Å²) in [5.74, 6) is -12.2. The van der Waals surface area contributed by atoms with Gasteiger partial charge in [-0.2, -0.15) is 43.9 Å². The van der Waals surface area contributed by atoms with Crippen molar-refractivity contribution in [1.29, 1.82) is 0 Å². The standard InChI is InChI=1S/C10H5F10NS/c11-7(12,8(13,14)9(15,16)17)4-1-2-5(21)6(3-4)22-10(18,19)20/h1-3H,21H2. The molecule has 22 heavy (non-hydrogen) atoms. The van der Waals surface area contributed by atoms with Crippen molar-refractivity contribution in [2.24, 2.45) is 0 Å². The van der Waals surface area contributed by atoms with Gasteiger partial charge in [0.1, 0.15) is 0 Å². The molecule has 0 radical (unpaired) electrons. The van der Waals surface area contributed by atoms with E-state index in [2.05, 4.69) is 0 Å². The van der Waals surface area contributed by atoms with E-state index in [1.807, 2.05) is 0 Å². The lowest BCUT2D eigenvalue weighted by atomic mass is 10.0. The monoisotopic (exact) mass is 361 g/mol. The third kappa shape index (κ3) is 3.52. The molecule has 0 unspecified atom stereocenters. The number of benzene rings is 1. The quantitative estimate of drug-likeness (QED) is 0.457. The molecule has 0 aliphatic carbocycles. The Balaban J connectivity index is 3.35. The molecule has 0 fully saturated rings. The highest BCUT2D eigenvalue weighted by molar-refractivity contribution is 8.00. The summed E-state index contributed by atoms with van der Waals surface area (Å²) in [6.45, 7) is 0. The van der Waals surface area contributed by atoms with E-state index in [0.29, 0.717) is 6.07 Å². The maximum Gasteiger partial charge on any atom is 0.460 e. The van der Waals surface area contributed by atoms with E-state index in [9.17, 15) is 43.9 Å². The number of rotatable bonds is 3. The van der Waals surface area contributed by atoms with Gasteiger partial charge < -0.3 is 5.73 Å². The fourth-order valence-electron chi connectivity index (χ4n) is 1.30. The van der Waals surface area contributed by atoms with Crippen LogP contribution in [0.5, 0.6) is 0 Å². The highest BCUT2D eigenvalue weighted by Gasteiger charge is 2.73. The SMILES string of the molecule is Nc1ccc(C(F)(F)C(F)(F)C(F)(F)F)cc1SC(F)(F)F. The Labute approximate surface area is 120 Å². The van der Waals surface area contributed by atoms with Crippen LogP contribution in [-0.4, -0.2) is 17.6 Å². The molecular formula is C10H5F10NS. The number of hydrogen-bond acceptors (Lipinski definition) is 2. The van der Waals surface area contributed by atoms with Crippen LogP contribution in [0.15, 0.2) is 23.1 Å². The second-order valence-electron chi connectivity index (χ2n) is 3.95. The average molecular weight is 361 g/mol. The first-order valence-electron chi connectivity index (χ1n) is 5.07. The van der Waals surface area contributed by atoms with Crippen LogP contribution in [0, 0.1) is 0 Å². The molecule has 1 aromatic carbocycles. The third-order valence-electron chi connectivity index (χ3n) is 2.35. The first kappa shape index (κ1) is 18.7. The molecule has 0 aliphatic heterocycles. The highest BCUT2D eigenvalue weighted by atomic mass is 32.2. The molecule has 0 amide bonds. The predicted octanol–water partition coefficient (Wildman–Crippen LogP) is 5.17. The summed E-state index contributed by atoms with van der Waals surface area (Å²) in [7, 11) is 0. The molecule has 0 aromatic heterocycles. The number of nitrogen functional groups attached to an aromatic ring is 1. The van der Waals surface area contributed by atoms with E-state index < -0.39 is 51.4 Å². The van der Waals surface area contributed by atoms with Gasteiger partial charge in [-0.1, -0.05) is 6.07 Å². The van der Waals surface area contributed by atoms with Gasteiger partial charge in [-0.3, -0.25) is 0 Å². The zero-order chi connectivity index (χ0) is 17.6. The molecule has 0 saturated heterocycles. The first-order chi connectivity index (χ1) is 9.59. The Kier molecular flexibility index (Phi) is 4.58. The van der Waals surface area contributed by atoms with Gasteiger partial charge >= 0.3 is 23.5 Å². The molecule has 126 valence electrons. The first-order valence-corrected chi connectivity index (χ1v) is 5.89. The summed E-state index contributed by atoms with van der Waals surface area (Å²) in [5.41, 5.74) is -2.56. The van der Waals surface area contributed by atoms with Crippen molar-refractivity contribution < 1.29 is 43.9 Å². The van der Waals surface area contributed by atoms with Crippen molar-refractivity contribution in [2.45, 2.75) is 28.4 Å². The topological polar surface area (TPSA) is 26.0 Å². The molecular weight excluding hydrogens is 356 g/mol. The van der Waals surface area contributed by atoms with Gasteiger partial charge in [0.2, 0.25) is 0 Å². The second-order valence-corrected chi connectivity index (χ2v) is 5.05. The van der Waals surface area contributed by atoms with E-state index in [0.717, 1.165) is 0 Å². The van der Waals surface area contributed by atoms with Gasteiger partial charge in [0.05, 0.1) is 0 Å². The lowest BCUT2D eigenvalue weighted by Gasteiger charge is -2.28. The Bertz CT molecular complexity index is 548. The van der Waals surface area contributed by atoms with Gasteiger partial charge in [-0.15, -0.1) is 0 Å². The van der Waals surface area contributed by atoms with Crippen molar-refractivity contribution in [2.75, 3.05) is 5.73 Å². The summed E-state index contributed by atoms with van der Waals surface area (Å²) in [5, 5.41) is 0. The Morgan fingerprint density at radius 2 is 1.32 bits per heavy atom. The number of hydrogen-bond donors (Lipinski definition) is 1. The van der Waals surface area contributed by atoms with Crippen LogP contribution in [0.3, 0.4) is 0 Å². The van der Waals surface area contributed by atoms with E-state index in [1.54, 1.807) is 0 Å². The lowest BCUT2D eigenvalue weighted by molar-refractivity contribution is -0.359. The van der Waals surface area contributed by atoms with Gasteiger partial charge in [0.25, 0.3) is 0 Å². The van der Waals surface area contributed by atoms with Gasteiger partial charge in [0.15, 0.2) is 0 Å². The van der Waals surface area contributed by atoms with Gasteiger partial charge in [-0.25, -0.2) is 0 Å². The minimum Gasteiger partial charge on any atom is -0.398 e. The van der Waals surface area contributed by atoms with Crippen LogP contribution in [0.25, 0.3) is 0 Å². The number of halogens is 10. The Morgan fingerprint density at radius 1 is 0.818 bits per heavy atom.